The van der Waals surface area contributed by atoms with Crippen molar-refractivity contribution in [3.8, 4) is 0 Å². The van der Waals surface area contributed by atoms with Crippen LogP contribution in [0.1, 0.15) is 115 Å². The van der Waals surface area contributed by atoms with Crippen molar-refractivity contribution in [3.63, 3.8) is 0 Å². The predicted octanol–water partition coefficient (Wildman–Crippen LogP) is 8.29. The molecule has 0 bridgehead atoms. The molecule has 1 N–H and O–H groups in total. The minimum atomic E-state index is -4.28. The van der Waals surface area contributed by atoms with Crippen molar-refractivity contribution in [3.05, 3.63) is 41.5 Å². The number of hydrogen-bond acceptors (Lipinski definition) is 2. The first-order chi connectivity index (χ1) is 15.5. The van der Waals surface area contributed by atoms with E-state index >= 15 is 0 Å². The summed E-state index contributed by atoms with van der Waals surface area (Å²) in [5.41, 5.74) is 1.96. The summed E-state index contributed by atoms with van der Waals surface area (Å²) in [6.45, 7) is 4.46. The van der Waals surface area contributed by atoms with Gasteiger partial charge >= 0.3 is 0 Å². The van der Waals surface area contributed by atoms with Gasteiger partial charge in [0.15, 0.2) is 0 Å². The number of hydrogen-bond donors (Lipinski definition) is 1. The number of aryl methyl sites for hydroxylation is 1. The molecule has 0 amide bonds. The second-order valence-corrected chi connectivity index (χ2v) is 10.6. The summed E-state index contributed by atoms with van der Waals surface area (Å²) in [6.07, 6.45) is 18.6. The van der Waals surface area contributed by atoms with Gasteiger partial charge in [-0.2, -0.15) is 8.42 Å². The molecule has 0 aromatic heterocycles. The molecule has 0 fully saturated rings. The summed E-state index contributed by atoms with van der Waals surface area (Å²) >= 11 is 0. The van der Waals surface area contributed by atoms with E-state index in [-0.39, 0.29) is 28.8 Å². The maximum Gasteiger partial charge on any atom is 0.295 e. The normalized spacial score (nSPS) is 11.6. The molecule has 0 aliphatic rings. The predicted molar refractivity (Wildman–Crippen MR) is 143 cm³/mol. The quantitative estimate of drug-likeness (QED) is 0.117. The molecule has 33 heavy (non-hydrogen) atoms. The van der Waals surface area contributed by atoms with Gasteiger partial charge in [0, 0.05) is 29.3 Å². The maximum absolute atomic E-state index is 12.5. The SMILES string of the molecule is CCCCCCCCCc1cc2ccccc2c(S(=O)(=O)O)c1CCCCCCCCC.[Sn]. The van der Waals surface area contributed by atoms with Crippen LogP contribution in [0.3, 0.4) is 0 Å². The molecule has 0 saturated carbocycles. The molecule has 2 aromatic rings. The molecule has 0 aliphatic heterocycles. The van der Waals surface area contributed by atoms with E-state index in [1.54, 1.807) is 0 Å². The number of unbranched alkanes of at least 4 members (excludes halogenated alkanes) is 12. The van der Waals surface area contributed by atoms with E-state index in [9.17, 15) is 13.0 Å². The molecule has 0 spiro atoms. The van der Waals surface area contributed by atoms with E-state index < -0.39 is 10.1 Å². The zero-order chi connectivity index (χ0) is 23.2. The zero-order valence-electron chi connectivity index (χ0n) is 20.9. The van der Waals surface area contributed by atoms with Crippen molar-refractivity contribution in [1.82, 2.24) is 0 Å². The van der Waals surface area contributed by atoms with Crippen molar-refractivity contribution in [2.45, 2.75) is 121 Å². The molecule has 0 atom stereocenters. The Morgan fingerprint density at radius 3 is 1.73 bits per heavy atom. The Balaban J connectivity index is 0.00000544. The summed E-state index contributed by atoms with van der Waals surface area (Å²) in [5, 5.41) is 1.55. The summed E-state index contributed by atoms with van der Waals surface area (Å²) in [5.74, 6) is 0. The topological polar surface area (TPSA) is 54.4 Å². The fourth-order valence-corrected chi connectivity index (χ4v) is 5.74. The Bertz CT molecular complexity index is 909. The Hall–Kier alpha value is -0.591. The third kappa shape index (κ3) is 10.7. The summed E-state index contributed by atoms with van der Waals surface area (Å²) in [4.78, 5) is 0.152. The third-order valence-electron chi connectivity index (χ3n) is 6.53. The van der Waals surface area contributed by atoms with Crippen LogP contribution in [0.4, 0.5) is 0 Å². The molecule has 3 nitrogen and oxygen atoms in total. The van der Waals surface area contributed by atoms with Gasteiger partial charge in [0.05, 0.1) is 0 Å². The first-order valence-corrected chi connectivity index (χ1v) is 14.4. The largest absolute Gasteiger partial charge is 0.295 e. The van der Waals surface area contributed by atoms with Crippen molar-refractivity contribution >= 4 is 44.8 Å². The van der Waals surface area contributed by atoms with Gasteiger partial charge in [0.1, 0.15) is 4.90 Å². The Morgan fingerprint density at radius 1 is 0.697 bits per heavy atom. The van der Waals surface area contributed by atoms with E-state index in [0.717, 1.165) is 48.6 Å². The van der Waals surface area contributed by atoms with Gasteiger partial charge in [-0.05, 0) is 42.2 Å². The first kappa shape index (κ1) is 30.4. The van der Waals surface area contributed by atoms with E-state index in [4.69, 9.17) is 0 Å². The molecular formula is C28H44O3SSn. The molecule has 4 radical (unpaired) electrons. The van der Waals surface area contributed by atoms with Gasteiger partial charge < -0.3 is 0 Å². The van der Waals surface area contributed by atoms with Crippen molar-refractivity contribution in [1.29, 1.82) is 0 Å². The van der Waals surface area contributed by atoms with Gasteiger partial charge in [-0.3, -0.25) is 4.55 Å². The van der Waals surface area contributed by atoms with Crippen molar-refractivity contribution in [2.24, 2.45) is 0 Å². The molecule has 5 heteroatoms. The first-order valence-electron chi connectivity index (χ1n) is 13.0. The maximum atomic E-state index is 12.5. The molecule has 2 rings (SSSR count). The molecule has 0 unspecified atom stereocenters. The fraction of sp³-hybridized carbons (Fsp3) is 0.643. The number of rotatable bonds is 17. The van der Waals surface area contributed by atoms with Gasteiger partial charge in [-0.25, -0.2) is 0 Å². The van der Waals surface area contributed by atoms with Gasteiger partial charge in [0.25, 0.3) is 10.1 Å². The summed E-state index contributed by atoms with van der Waals surface area (Å²) in [7, 11) is -4.28. The second kappa shape index (κ2) is 16.9. The van der Waals surface area contributed by atoms with E-state index in [2.05, 4.69) is 19.9 Å². The van der Waals surface area contributed by atoms with E-state index in [0.29, 0.717) is 5.39 Å². The average molecular weight is 579 g/mol. The monoisotopic (exact) mass is 580 g/mol. The van der Waals surface area contributed by atoms with E-state index in [1.807, 2.05) is 24.3 Å². The van der Waals surface area contributed by atoms with Crippen LogP contribution in [-0.4, -0.2) is 36.9 Å². The standard InChI is InChI=1S/C28H44O3S.Sn/c1-3-5-7-9-11-13-15-19-24-23-25-20-17-18-22-27(25)28(32(29,30)31)26(24)21-16-14-12-10-8-6-4-2;/h17-18,20,22-23H,3-16,19,21H2,1-2H3,(H,29,30,31);. The fourth-order valence-electron chi connectivity index (χ4n) is 4.74. The zero-order valence-corrected chi connectivity index (χ0v) is 24.5. The van der Waals surface area contributed by atoms with Crippen molar-refractivity contribution in [2.75, 3.05) is 0 Å². The van der Waals surface area contributed by atoms with Crippen LogP contribution < -0.4 is 0 Å². The molecule has 0 saturated heterocycles. The van der Waals surface area contributed by atoms with Crippen LogP contribution in [0.5, 0.6) is 0 Å². The van der Waals surface area contributed by atoms with Crippen LogP contribution in [0.2, 0.25) is 0 Å². The average Bonchev–Trinajstić information content (AvgIpc) is 2.76. The van der Waals surface area contributed by atoms with Crippen LogP contribution in [0.15, 0.2) is 35.2 Å². The summed E-state index contributed by atoms with van der Waals surface area (Å²) < 4.78 is 35.1. The van der Waals surface area contributed by atoms with E-state index in [1.165, 1.54) is 70.6 Å². The summed E-state index contributed by atoms with van der Waals surface area (Å²) in [6, 6.07) is 9.73. The minimum absolute atomic E-state index is 0. The third-order valence-corrected chi connectivity index (χ3v) is 7.52. The van der Waals surface area contributed by atoms with Gasteiger partial charge in [-0.15, -0.1) is 0 Å². The van der Waals surface area contributed by atoms with Crippen LogP contribution >= 0.6 is 0 Å². The van der Waals surface area contributed by atoms with Crippen molar-refractivity contribution < 1.29 is 13.0 Å². The molecule has 0 aliphatic carbocycles. The molecule has 184 valence electrons. The molecule has 0 heterocycles. The second-order valence-electron chi connectivity index (χ2n) is 9.28. The van der Waals surface area contributed by atoms with Gasteiger partial charge in [0.2, 0.25) is 0 Å². The Labute approximate surface area is 219 Å². The Kier molecular flexibility index (Phi) is 15.6. The van der Waals surface area contributed by atoms with Crippen LogP contribution in [0, 0.1) is 0 Å². The number of fused-ring (bicyclic) bond motifs is 1. The van der Waals surface area contributed by atoms with Gasteiger partial charge in [-0.1, -0.05) is 121 Å². The minimum Gasteiger partial charge on any atom is -0.282 e. The van der Waals surface area contributed by atoms with Crippen LogP contribution in [-0.2, 0) is 23.0 Å². The smallest absolute Gasteiger partial charge is 0.282 e. The van der Waals surface area contributed by atoms with Crippen LogP contribution in [0.25, 0.3) is 10.8 Å². The molecule has 2 aromatic carbocycles. The Morgan fingerprint density at radius 2 is 1.18 bits per heavy atom. The number of benzene rings is 2. The molecular weight excluding hydrogens is 535 g/mol.